The summed E-state index contributed by atoms with van der Waals surface area (Å²) in [5.74, 6) is -6.84. The first-order valence-electron chi connectivity index (χ1n) is 9.97. The predicted octanol–water partition coefficient (Wildman–Crippen LogP) is -2.83. The highest BCUT2D eigenvalue weighted by Crippen LogP contribution is 2.11. The van der Waals surface area contributed by atoms with E-state index in [-0.39, 0.29) is 12.2 Å². The van der Waals surface area contributed by atoms with Crippen LogP contribution in [0.2, 0.25) is 0 Å². The van der Waals surface area contributed by atoms with Crippen molar-refractivity contribution in [2.45, 2.75) is 50.4 Å². The van der Waals surface area contributed by atoms with Crippen LogP contribution in [-0.2, 0) is 35.2 Å². The number of benzene rings is 1. The normalized spacial score (nSPS) is 14.1. The molecule has 1 aromatic rings. The van der Waals surface area contributed by atoms with Gasteiger partial charge in [0.05, 0.1) is 18.9 Å². The Kier molecular flexibility index (Phi) is 10.4. The molecule has 0 aliphatic carbocycles. The fourth-order valence-electron chi connectivity index (χ4n) is 2.72. The van der Waals surface area contributed by atoms with Crippen LogP contribution >= 0.6 is 0 Å². The number of rotatable bonds is 13. The lowest BCUT2D eigenvalue weighted by atomic mass is 10.1. The summed E-state index contributed by atoms with van der Waals surface area (Å²) in [4.78, 5) is 70.4. The number of phenols is 1. The van der Waals surface area contributed by atoms with E-state index >= 15 is 0 Å². The minimum absolute atomic E-state index is 0.0410. The van der Waals surface area contributed by atoms with Gasteiger partial charge in [-0.05, 0) is 31.0 Å². The van der Waals surface area contributed by atoms with E-state index in [1.165, 1.54) is 19.1 Å². The summed E-state index contributed by atoms with van der Waals surface area (Å²) in [5, 5.41) is 33.5. The molecule has 0 saturated heterocycles. The monoisotopic (exact) mass is 481 g/mol. The van der Waals surface area contributed by atoms with Crippen LogP contribution in [0.1, 0.15) is 25.3 Å². The van der Waals surface area contributed by atoms with E-state index in [0.717, 1.165) is 0 Å². The Labute approximate surface area is 193 Å². The molecule has 0 aromatic heterocycles. The maximum absolute atomic E-state index is 12.5. The van der Waals surface area contributed by atoms with Gasteiger partial charge in [-0.2, -0.15) is 0 Å². The summed E-state index contributed by atoms with van der Waals surface area (Å²) in [6.45, 7) is 1.28. The zero-order valence-corrected chi connectivity index (χ0v) is 18.2. The highest BCUT2D eigenvalue weighted by atomic mass is 16.4. The molecule has 4 atom stereocenters. The number of nitrogens with one attached hydrogen (secondary N) is 3. The Balaban J connectivity index is 2.77. The second-order valence-electron chi connectivity index (χ2n) is 7.44. The number of carbonyl (C=O) groups is 6. The number of nitrogens with two attached hydrogens (primary N) is 2. The SMILES string of the molecule is CC(NC(=O)C(N)Cc1ccc(O)cc1)C(=O)NC(CC(N)=O)C(=O)NC(CC(=O)O)C(=O)O. The van der Waals surface area contributed by atoms with Gasteiger partial charge in [0.25, 0.3) is 0 Å². The smallest absolute Gasteiger partial charge is 0.326 e. The molecule has 1 aromatic carbocycles. The summed E-state index contributed by atoms with van der Waals surface area (Å²) in [6, 6.07) is 0.294. The first-order chi connectivity index (χ1) is 15.8. The van der Waals surface area contributed by atoms with Crippen molar-refractivity contribution < 1.29 is 44.1 Å². The molecular weight excluding hydrogens is 454 g/mol. The molecule has 34 heavy (non-hydrogen) atoms. The number of hydrogen-bond acceptors (Lipinski definition) is 8. The van der Waals surface area contributed by atoms with E-state index in [9.17, 15) is 33.9 Å². The largest absolute Gasteiger partial charge is 0.508 e. The van der Waals surface area contributed by atoms with Crippen molar-refractivity contribution in [2.75, 3.05) is 0 Å². The Morgan fingerprint density at radius 1 is 0.853 bits per heavy atom. The molecule has 1 rings (SSSR count). The van der Waals surface area contributed by atoms with Crippen LogP contribution in [-0.4, -0.2) is 75.1 Å². The van der Waals surface area contributed by atoms with Crippen molar-refractivity contribution in [1.29, 1.82) is 0 Å². The van der Waals surface area contributed by atoms with Crippen molar-refractivity contribution in [3.63, 3.8) is 0 Å². The lowest BCUT2D eigenvalue weighted by molar-refractivity contribution is -0.147. The fourth-order valence-corrected chi connectivity index (χ4v) is 2.72. The lowest BCUT2D eigenvalue weighted by Gasteiger charge is -2.22. The maximum Gasteiger partial charge on any atom is 0.326 e. The third-order valence-electron chi connectivity index (χ3n) is 4.51. The van der Waals surface area contributed by atoms with Gasteiger partial charge in [-0.15, -0.1) is 0 Å². The molecule has 0 spiro atoms. The number of hydrogen-bond donors (Lipinski definition) is 8. The van der Waals surface area contributed by atoms with Crippen LogP contribution in [0, 0.1) is 0 Å². The average molecular weight is 481 g/mol. The van der Waals surface area contributed by atoms with Crippen LogP contribution in [0.15, 0.2) is 24.3 Å². The summed E-state index contributed by atoms with van der Waals surface area (Å²) in [6.07, 6.45) is -1.55. The topological polar surface area (TPSA) is 251 Å². The second-order valence-corrected chi connectivity index (χ2v) is 7.44. The minimum Gasteiger partial charge on any atom is -0.508 e. The van der Waals surface area contributed by atoms with Crippen LogP contribution in [0.5, 0.6) is 5.75 Å². The quantitative estimate of drug-likeness (QED) is 0.143. The molecule has 0 aliphatic rings. The number of aliphatic carboxylic acids is 2. The highest BCUT2D eigenvalue weighted by molar-refractivity contribution is 5.96. The van der Waals surface area contributed by atoms with Crippen molar-refractivity contribution >= 4 is 35.6 Å². The molecule has 4 unspecified atom stereocenters. The number of carboxylic acid groups (broad SMARTS) is 2. The average Bonchev–Trinajstić information content (AvgIpc) is 2.73. The van der Waals surface area contributed by atoms with E-state index in [1.807, 2.05) is 5.32 Å². The molecule has 4 amide bonds. The molecule has 0 radical (unpaired) electrons. The highest BCUT2D eigenvalue weighted by Gasteiger charge is 2.30. The first-order valence-corrected chi connectivity index (χ1v) is 9.97. The van der Waals surface area contributed by atoms with Crippen molar-refractivity contribution in [2.24, 2.45) is 11.5 Å². The summed E-state index contributed by atoms with van der Waals surface area (Å²) < 4.78 is 0. The van der Waals surface area contributed by atoms with Gasteiger partial charge in [0.2, 0.25) is 23.6 Å². The Hall–Kier alpha value is -4.20. The number of aromatic hydroxyl groups is 1. The van der Waals surface area contributed by atoms with Gasteiger partial charge >= 0.3 is 11.9 Å². The Bertz CT molecular complexity index is 935. The number of primary amides is 1. The third kappa shape index (κ3) is 9.52. The molecule has 10 N–H and O–H groups in total. The first kappa shape index (κ1) is 27.8. The molecule has 186 valence electrons. The van der Waals surface area contributed by atoms with Gasteiger partial charge in [-0.3, -0.25) is 24.0 Å². The van der Waals surface area contributed by atoms with Crippen LogP contribution < -0.4 is 27.4 Å². The molecule has 0 fully saturated rings. The van der Waals surface area contributed by atoms with Gasteiger partial charge < -0.3 is 42.7 Å². The summed E-state index contributed by atoms with van der Waals surface area (Å²) in [7, 11) is 0. The van der Waals surface area contributed by atoms with Gasteiger partial charge in [-0.25, -0.2) is 4.79 Å². The predicted molar refractivity (Wildman–Crippen MR) is 115 cm³/mol. The van der Waals surface area contributed by atoms with Crippen molar-refractivity contribution in [3.05, 3.63) is 29.8 Å². The maximum atomic E-state index is 12.5. The third-order valence-corrected chi connectivity index (χ3v) is 4.51. The van der Waals surface area contributed by atoms with Crippen LogP contribution in [0.25, 0.3) is 0 Å². The van der Waals surface area contributed by atoms with E-state index in [1.54, 1.807) is 12.1 Å². The minimum atomic E-state index is -1.81. The van der Waals surface area contributed by atoms with Crippen molar-refractivity contribution in [1.82, 2.24) is 16.0 Å². The fraction of sp³-hybridized carbons (Fsp3) is 0.400. The van der Waals surface area contributed by atoms with Gasteiger partial charge in [0, 0.05) is 0 Å². The van der Waals surface area contributed by atoms with E-state index in [2.05, 4.69) is 10.6 Å². The second kappa shape index (κ2) is 12.7. The zero-order chi connectivity index (χ0) is 26.0. The number of carboxylic acids is 2. The van der Waals surface area contributed by atoms with Crippen LogP contribution in [0.4, 0.5) is 0 Å². The number of amides is 4. The lowest BCUT2D eigenvalue weighted by Crippen LogP contribution is -2.57. The van der Waals surface area contributed by atoms with E-state index < -0.39 is 72.6 Å². The van der Waals surface area contributed by atoms with E-state index in [4.69, 9.17) is 21.7 Å². The molecule has 0 aliphatic heterocycles. The Morgan fingerprint density at radius 3 is 1.91 bits per heavy atom. The molecule has 0 heterocycles. The Morgan fingerprint density at radius 2 is 1.41 bits per heavy atom. The summed E-state index contributed by atoms with van der Waals surface area (Å²) >= 11 is 0. The summed E-state index contributed by atoms with van der Waals surface area (Å²) in [5.41, 5.74) is 11.6. The molecular formula is C20H27N5O9. The van der Waals surface area contributed by atoms with Gasteiger partial charge in [-0.1, -0.05) is 12.1 Å². The van der Waals surface area contributed by atoms with E-state index in [0.29, 0.717) is 5.56 Å². The zero-order valence-electron chi connectivity index (χ0n) is 18.2. The number of phenolic OH excluding ortho intramolecular Hbond substituents is 1. The molecule has 14 heteroatoms. The van der Waals surface area contributed by atoms with Gasteiger partial charge in [0.1, 0.15) is 23.9 Å². The molecule has 14 nitrogen and oxygen atoms in total. The van der Waals surface area contributed by atoms with Crippen LogP contribution in [0.3, 0.4) is 0 Å². The molecule has 0 bridgehead atoms. The standard InChI is InChI=1S/C20H27N5O9/c1-9(23-18(31)12(21)6-10-2-4-11(26)5-3-10)17(30)24-13(7-15(22)27)19(32)25-14(20(33)34)8-16(28)29/h2-5,9,12-14,26H,6-8,21H2,1H3,(H2,22,27)(H,23,31)(H,24,30)(H,25,32)(H,28,29)(H,33,34). The number of carbonyl (C=O) groups excluding carboxylic acids is 4. The van der Waals surface area contributed by atoms with Crippen molar-refractivity contribution in [3.8, 4) is 5.75 Å². The molecule has 0 saturated carbocycles. The van der Waals surface area contributed by atoms with Gasteiger partial charge in [0.15, 0.2) is 0 Å².